The van der Waals surface area contributed by atoms with Gasteiger partial charge in [-0.15, -0.1) is 5.10 Å². The van der Waals surface area contributed by atoms with Crippen LogP contribution in [0.4, 0.5) is 0 Å². The molecule has 1 atom stereocenters. The summed E-state index contributed by atoms with van der Waals surface area (Å²) in [5.41, 5.74) is 1.76. The summed E-state index contributed by atoms with van der Waals surface area (Å²) in [6.45, 7) is 3.05. The maximum Gasteiger partial charge on any atom is 0.163 e. The van der Waals surface area contributed by atoms with Crippen molar-refractivity contribution < 1.29 is 4.74 Å². The maximum atomic E-state index is 6.18. The molecule has 0 spiro atoms. The Morgan fingerprint density at radius 1 is 1.32 bits per heavy atom. The Bertz CT molecular complexity index is 543. The first-order valence-electron chi connectivity index (χ1n) is 7.31. The number of para-hydroxylation sites is 1. The van der Waals surface area contributed by atoms with Crippen molar-refractivity contribution in [3.8, 4) is 0 Å². The number of hydrogen-bond donors (Lipinski definition) is 0. The molecule has 1 aliphatic heterocycles. The van der Waals surface area contributed by atoms with E-state index in [0.717, 1.165) is 43.3 Å². The monoisotopic (exact) mass is 259 g/mol. The Labute approximate surface area is 113 Å². The summed E-state index contributed by atoms with van der Waals surface area (Å²) in [5, 5.41) is 8.67. The highest BCUT2D eigenvalue weighted by Gasteiger charge is 2.36. The number of ether oxygens (including phenoxy) is 1. The predicted octanol–water partition coefficient (Wildman–Crippen LogP) is 3.47. The third kappa shape index (κ3) is 2.25. The van der Waals surface area contributed by atoms with Crippen molar-refractivity contribution in [1.29, 1.82) is 0 Å². The lowest BCUT2D eigenvalue weighted by atomic mass is 9.96. The van der Waals surface area contributed by atoms with Gasteiger partial charge in [0.05, 0.1) is 5.52 Å². The highest BCUT2D eigenvalue weighted by Crippen LogP contribution is 2.36. The fourth-order valence-electron chi connectivity index (χ4n) is 2.93. The molecule has 102 valence electrons. The lowest BCUT2D eigenvalue weighted by Crippen LogP contribution is -2.40. The van der Waals surface area contributed by atoms with Crippen LogP contribution >= 0.6 is 0 Å². The van der Waals surface area contributed by atoms with Crippen molar-refractivity contribution in [1.82, 2.24) is 15.0 Å². The second-order valence-electron chi connectivity index (χ2n) is 5.35. The molecule has 1 aromatic heterocycles. The zero-order valence-corrected chi connectivity index (χ0v) is 11.5. The number of unbranched alkanes of at least 4 members (excludes halogenated alkanes) is 1. The Morgan fingerprint density at radius 2 is 2.21 bits per heavy atom. The molecule has 0 aliphatic carbocycles. The van der Waals surface area contributed by atoms with E-state index >= 15 is 0 Å². The van der Waals surface area contributed by atoms with E-state index in [-0.39, 0.29) is 5.72 Å². The average Bonchev–Trinajstić information content (AvgIpc) is 2.91. The predicted molar refractivity (Wildman–Crippen MR) is 74.8 cm³/mol. The standard InChI is InChI=1S/C15H21N3O/c1-2-3-10-15(11-6-7-12-19-15)18-14-9-5-4-8-13(14)16-17-18/h4-5,8-9H,2-3,6-7,10-12H2,1H3. The quantitative estimate of drug-likeness (QED) is 0.844. The number of benzene rings is 1. The maximum absolute atomic E-state index is 6.18. The second kappa shape index (κ2) is 5.29. The SMILES string of the molecule is CCCCC1(n2nnc3ccccc32)CCCCO1. The van der Waals surface area contributed by atoms with Gasteiger partial charge in [0.25, 0.3) is 0 Å². The molecule has 2 heterocycles. The summed E-state index contributed by atoms with van der Waals surface area (Å²) >= 11 is 0. The molecule has 1 aliphatic rings. The lowest BCUT2D eigenvalue weighted by molar-refractivity contribution is -0.149. The minimum atomic E-state index is -0.273. The second-order valence-corrected chi connectivity index (χ2v) is 5.35. The fourth-order valence-corrected chi connectivity index (χ4v) is 2.93. The number of hydrogen-bond acceptors (Lipinski definition) is 3. The fraction of sp³-hybridized carbons (Fsp3) is 0.600. The number of nitrogens with zero attached hydrogens (tertiary/aromatic N) is 3. The van der Waals surface area contributed by atoms with Gasteiger partial charge in [0.15, 0.2) is 5.72 Å². The third-order valence-corrected chi connectivity index (χ3v) is 3.99. The van der Waals surface area contributed by atoms with E-state index in [2.05, 4.69) is 23.3 Å². The molecule has 2 aromatic rings. The van der Waals surface area contributed by atoms with Gasteiger partial charge >= 0.3 is 0 Å². The van der Waals surface area contributed by atoms with Crippen LogP contribution in [0.25, 0.3) is 11.0 Å². The summed E-state index contributed by atoms with van der Waals surface area (Å²) in [6, 6.07) is 8.14. The van der Waals surface area contributed by atoms with Crippen molar-refractivity contribution in [3.05, 3.63) is 24.3 Å². The van der Waals surface area contributed by atoms with E-state index in [1.807, 2.05) is 22.9 Å². The Hall–Kier alpha value is -1.42. The van der Waals surface area contributed by atoms with Crippen LogP contribution in [-0.2, 0) is 10.5 Å². The van der Waals surface area contributed by atoms with Crippen LogP contribution in [0.3, 0.4) is 0 Å². The van der Waals surface area contributed by atoms with Crippen molar-refractivity contribution in [2.75, 3.05) is 6.61 Å². The van der Waals surface area contributed by atoms with Crippen LogP contribution in [0.15, 0.2) is 24.3 Å². The smallest absolute Gasteiger partial charge is 0.163 e. The Balaban J connectivity index is 2.03. The number of aromatic nitrogens is 3. The molecule has 4 heteroatoms. The topological polar surface area (TPSA) is 39.9 Å². The van der Waals surface area contributed by atoms with Crippen LogP contribution in [0, 0.1) is 0 Å². The van der Waals surface area contributed by atoms with Gasteiger partial charge in [-0.2, -0.15) is 0 Å². The molecule has 19 heavy (non-hydrogen) atoms. The first-order chi connectivity index (χ1) is 9.36. The summed E-state index contributed by atoms with van der Waals surface area (Å²) in [5.74, 6) is 0. The normalized spacial score (nSPS) is 23.8. The average molecular weight is 259 g/mol. The molecular formula is C15H21N3O. The molecule has 4 nitrogen and oxygen atoms in total. The van der Waals surface area contributed by atoms with Crippen LogP contribution in [0.1, 0.15) is 45.4 Å². The number of rotatable bonds is 4. The van der Waals surface area contributed by atoms with E-state index in [1.54, 1.807) is 0 Å². The minimum absolute atomic E-state index is 0.273. The largest absolute Gasteiger partial charge is 0.354 e. The molecule has 1 unspecified atom stereocenters. The molecule has 0 bridgehead atoms. The van der Waals surface area contributed by atoms with Crippen molar-refractivity contribution >= 4 is 11.0 Å². The number of fused-ring (bicyclic) bond motifs is 1. The molecule has 0 saturated carbocycles. The molecule has 3 rings (SSSR count). The molecule has 0 amide bonds. The molecule has 1 fully saturated rings. The van der Waals surface area contributed by atoms with Crippen LogP contribution < -0.4 is 0 Å². The highest BCUT2D eigenvalue weighted by molar-refractivity contribution is 5.74. The van der Waals surface area contributed by atoms with Gasteiger partial charge in [-0.25, -0.2) is 4.68 Å². The van der Waals surface area contributed by atoms with Gasteiger partial charge in [-0.05, 0) is 44.2 Å². The van der Waals surface area contributed by atoms with Gasteiger partial charge < -0.3 is 4.74 Å². The van der Waals surface area contributed by atoms with E-state index in [4.69, 9.17) is 4.74 Å². The van der Waals surface area contributed by atoms with E-state index in [0.29, 0.717) is 0 Å². The van der Waals surface area contributed by atoms with Gasteiger partial charge in [-0.1, -0.05) is 30.7 Å². The summed E-state index contributed by atoms with van der Waals surface area (Å²) in [7, 11) is 0. The third-order valence-electron chi connectivity index (χ3n) is 3.99. The minimum Gasteiger partial charge on any atom is -0.354 e. The van der Waals surface area contributed by atoms with Gasteiger partial charge in [0.1, 0.15) is 5.52 Å². The molecule has 0 radical (unpaired) electrons. The first kappa shape index (κ1) is 12.6. The first-order valence-corrected chi connectivity index (χ1v) is 7.31. The van der Waals surface area contributed by atoms with Crippen LogP contribution in [-0.4, -0.2) is 21.6 Å². The van der Waals surface area contributed by atoms with Crippen LogP contribution in [0.2, 0.25) is 0 Å². The highest BCUT2D eigenvalue weighted by atomic mass is 16.5. The van der Waals surface area contributed by atoms with Crippen molar-refractivity contribution in [2.24, 2.45) is 0 Å². The van der Waals surface area contributed by atoms with Gasteiger partial charge in [0, 0.05) is 6.61 Å². The van der Waals surface area contributed by atoms with Crippen molar-refractivity contribution in [2.45, 2.75) is 51.2 Å². The zero-order valence-electron chi connectivity index (χ0n) is 11.5. The van der Waals surface area contributed by atoms with E-state index in [9.17, 15) is 0 Å². The molecule has 1 aromatic carbocycles. The van der Waals surface area contributed by atoms with E-state index < -0.39 is 0 Å². The molecule has 1 saturated heterocycles. The van der Waals surface area contributed by atoms with Gasteiger partial charge in [-0.3, -0.25) is 0 Å². The summed E-state index contributed by atoms with van der Waals surface area (Å²) in [6.07, 6.45) is 6.77. The summed E-state index contributed by atoms with van der Waals surface area (Å²) in [4.78, 5) is 0. The summed E-state index contributed by atoms with van der Waals surface area (Å²) < 4.78 is 8.21. The van der Waals surface area contributed by atoms with Gasteiger partial charge in [0.2, 0.25) is 0 Å². The zero-order chi connectivity index (χ0) is 13.1. The molecular weight excluding hydrogens is 238 g/mol. The van der Waals surface area contributed by atoms with Crippen molar-refractivity contribution in [3.63, 3.8) is 0 Å². The Kier molecular flexibility index (Phi) is 3.51. The molecule has 0 N–H and O–H groups in total. The van der Waals surface area contributed by atoms with E-state index in [1.165, 1.54) is 12.8 Å². The van der Waals surface area contributed by atoms with Crippen LogP contribution in [0.5, 0.6) is 0 Å². The Morgan fingerprint density at radius 3 is 3.00 bits per heavy atom. The lowest BCUT2D eigenvalue weighted by Gasteiger charge is -2.37.